The average Bonchev–Trinajstić information content (AvgIpc) is 2.58. The Morgan fingerprint density at radius 2 is 1.79 bits per heavy atom. The highest BCUT2D eigenvalue weighted by atomic mass is 31.2. The van der Waals surface area contributed by atoms with Gasteiger partial charge in [-0.1, -0.05) is 0 Å². The van der Waals surface area contributed by atoms with Crippen LogP contribution in [0.2, 0.25) is 0 Å². The molecule has 10 heteroatoms. The second-order valence-corrected chi connectivity index (χ2v) is 8.31. The lowest BCUT2D eigenvalue weighted by Crippen LogP contribution is -3.19. The summed E-state index contributed by atoms with van der Waals surface area (Å²) in [6, 6.07) is 4.59. The van der Waals surface area contributed by atoms with Gasteiger partial charge in [0.15, 0.2) is 0 Å². The lowest BCUT2D eigenvalue weighted by Gasteiger charge is -2.41. The molecular formula is C14H20N2O7P-. The Kier molecular flexibility index (Phi) is 4.78. The topological polar surface area (TPSA) is 129 Å². The fourth-order valence-electron chi connectivity index (χ4n) is 2.93. The molecule has 1 aromatic rings. The number of hydroxylamine groups is 2. The van der Waals surface area contributed by atoms with Crippen molar-refractivity contribution in [1.29, 1.82) is 0 Å². The minimum atomic E-state index is -4.74. The Labute approximate surface area is 139 Å². The molecule has 1 fully saturated rings. The highest BCUT2D eigenvalue weighted by Crippen LogP contribution is 2.45. The van der Waals surface area contributed by atoms with Gasteiger partial charge in [0.05, 0.1) is 10.5 Å². The first kappa shape index (κ1) is 18.8. The summed E-state index contributed by atoms with van der Waals surface area (Å²) in [7, 11) is -4.74. The van der Waals surface area contributed by atoms with E-state index in [1.54, 1.807) is 27.7 Å². The molecule has 1 aliphatic heterocycles. The number of hydrogen-bond donors (Lipinski definition) is 1. The first-order valence-electron chi connectivity index (χ1n) is 7.33. The summed E-state index contributed by atoms with van der Waals surface area (Å²) < 4.78 is 22.1. The number of rotatable bonds is 5. The molecule has 2 rings (SSSR count). The highest BCUT2D eigenvalue weighted by molar-refractivity contribution is 7.46. The van der Waals surface area contributed by atoms with Crippen molar-refractivity contribution in [2.45, 2.75) is 51.3 Å². The molecule has 0 spiro atoms. The first-order chi connectivity index (χ1) is 10.8. The van der Waals surface area contributed by atoms with Crippen molar-refractivity contribution in [2.24, 2.45) is 0 Å². The molecular weight excluding hydrogens is 339 g/mol. The molecule has 0 amide bonds. The number of benzene rings is 1. The average molecular weight is 359 g/mol. The van der Waals surface area contributed by atoms with Crippen molar-refractivity contribution in [2.75, 3.05) is 0 Å². The fraction of sp³-hybridized carbons (Fsp3) is 0.571. The van der Waals surface area contributed by atoms with Crippen LogP contribution < -0.4 is 14.5 Å². The van der Waals surface area contributed by atoms with E-state index in [0.717, 1.165) is 12.1 Å². The van der Waals surface area contributed by atoms with Gasteiger partial charge in [0.25, 0.3) is 5.69 Å². The molecule has 134 valence electrons. The molecule has 9 nitrogen and oxygen atoms in total. The maximum Gasteiger partial charge on any atom is 0.320 e. The monoisotopic (exact) mass is 359 g/mol. The van der Waals surface area contributed by atoms with Crippen molar-refractivity contribution in [3.63, 3.8) is 0 Å². The van der Waals surface area contributed by atoms with Gasteiger partial charge >= 0.3 is 7.82 Å². The van der Waals surface area contributed by atoms with Crippen molar-refractivity contribution in [3.8, 4) is 5.75 Å². The Morgan fingerprint density at radius 1 is 1.25 bits per heavy atom. The molecule has 1 aromatic carbocycles. The number of nitro groups is 1. The van der Waals surface area contributed by atoms with Crippen molar-refractivity contribution in [3.05, 3.63) is 39.6 Å². The van der Waals surface area contributed by atoms with E-state index < -0.39 is 29.9 Å². The molecule has 1 N–H and O–H groups in total. The molecule has 0 aromatic heterocycles. The molecule has 1 aliphatic rings. The van der Waals surface area contributed by atoms with Crippen LogP contribution in [-0.2, 0) is 9.09 Å². The van der Waals surface area contributed by atoms with Crippen LogP contribution in [0.3, 0.4) is 0 Å². The molecule has 1 heterocycles. The predicted molar refractivity (Wildman–Crippen MR) is 83.3 cm³/mol. The standard InChI is InChI=1S/C14H21N2O7P/c1-13(2)9-12(14(3,4)16(13)19)23-24(20,21)22-11-7-5-10(6-8-11)15(17)18/h5-8,12,16H,9H2,1-4H3,(H,20,21)/p-1. The molecule has 3 unspecified atom stereocenters. The fourth-order valence-corrected chi connectivity index (χ4v) is 4.01. The summed E-state index contributed by atoms with van der Waals surface area (Å²) >= 11 is 0. The van der Waals surface area contributed by atoms with E-state index in [-0.39, 0.29) is 22.9 Å². The van der Waals surface area contributed by atoms with E-state index in [0.29, 0.717) is 0 Å². The number of quaternary nitrogens is 1. The van der Waals surface area contributed by atoms with Crippen LogP contribution in [0.15, 0.2) is 24.3 Å². The second kappa shape index (κ2) is 6.09. The Balaban J connectivity index is 2.11. The van der Waals surface area contributed by atoms with Crippen LogP contribution >= 0.6 is 7.82 Å². The predicted octanol–water partition coefficient (Wildman–Crippen LogP) is 1.17. The maximum absolute atomic E-state index is 12.3. The van der Waals surface area contributed by atoms with Gasteiger partial charge < -0.3 is 19.7 Å². The zero-order valence-electron chi connectivity index (χ0n) is 13.8. The van der Waals surface area contributed by atoms with Crippen LogP contribution in [-0.4, -0.2) is 22.1 Å². The quantitative estimate of drug-likeness (QED) is 0.361. The third-order valence-electron chi connectivity index (χ3n) is 4.22. The third-order valence-corrected chi connectivity index (χ3v) is 5.17. The van der Waals surface area contributed by atoms with E-state index >= 15 is 0 Å². The first-order valence-corrected chi connectivity index (χ1v) is 8.80. The summed E-state index contributed by atoms with van der Waals surface area (Å²) in [4.78, 5) is 22.1. The SMILES string of the molecule is CC1(C)CC(OP(=O)([O-])Oc2ccc([N+](=O)[O-])cc2)C(C)(C)[NH+]1[O-]. The number of nitro benzene ring substituents is 1. The van der Waals surface area contributed by atoms with E-state index in [4.69, 9.17) is 9.05 Å². The molecule has 1 saturated heterocycles. The van der Waals surface area contributed by atoms with Crippen molar-refractivity contribution in [1.82, 2.24) is 0 Å². The molecule has 0 aliphatic carbocycles. The number of phosphoric ester groups is 1. The Hall–Kier alpha value is -1.51. The lowest BCUT2D eigenvalue weighted by molar-refractivity contribution is -0.933. The lowest BCUT2D eigenvalue weighted by atomic mass is 9.97. The zero-order valence-corrected chi connectivity index (χ0v) is 14.7. The minimum Gasteiger partial charge on any atom is -0.746 e. The van der Waals surface area contributed by atoms with Gasteiger partial charge in [-0.05, 0) is 39.8 Å². The van der Waals surface area contributed by atoms with E-state index in [1.165, 1.54) is 12.1 Å². The summed E-state index contributed by atoms with van der Waals surface area (Å²) in [6.07, 6.45) is -0.573. The molecule has 3 atom stereocenters. The van der Waals surface area contributed by atoms with Crippen LogP contribution in [0, 0.1) is 15.3 Å². The number of phosphoric acid groups is 1. The molecule has 24 heavy (non-hydrogen) atoms. The van der Waals surface area contributed by atoms with Crippen LogP contribution in [0.4, 0.5) is 5.69 Å². The van der Waals surface area contributed by atoms with Gasteiger partial charge in [-0.15, -0.1) is 0 Å². The summed E-state index contributed by atoms with van der Waals surface area (Å²) in [5.41, 5.74) is -1.82. The van der Waals surface area contributed by atoms with Gasteiger partial charge in [0.1, 0.15) is 17.4 Å². The number of nitrogens with zero attached hydrogens (tertiary/aromatic N) is 1. The van der Waals surface area contributed by atoms with Gasteiger partial charge in [-0.3, -0.25) is 19.2 Å². The van der Waals surface area contributed by atoms with Crippen LogP contribution in [0.1, 0.15) is 34.1 Å². The van der Waals surface area contributed by atoms with E-state index in [2.05, 4.69) is 0 Å². The molecule has 0 bridgehead atoms. The van der Waals surface area contributed by atoms with E-state index in [1.807, 2.05) is 0 Å². The number of non-ortho nitro benzene ring substituents is 1. The van der Waals surface area contributed by atoms with Gasteiger partial charge in [0, 0.05) is 18.6 Å². The maximum atomic E-state index is 12.3. The molecule has 0 radical (unpaired) electrons. The Morgan fingerprint density at radius 3 is 2.21 bits per heavy atom. The van der Waals surface area contributed by atoms with Gasteiger partial charge in [-0.25, -0.2) is 0 Å². The third kappa shape index (κ3) is 3.76. The Bertz CT molecular complexity index is 674. The minimum absolute atomic E-state index is 0.0738. The van der Waals surface area contributed by atoms with Gasteiger partial charge in [-0.2, -0.15) is 0 Å². The van der Waals surface area contributed by atoms with Crippen LogP contribution in [0.25, 0.3) is 0 Å². The summed E-state index contributed by atoms with van der Waals surface area (Å²) in [5.74, 6) is -0.0969. The van der Waals surface area contributed by atoms with Gasteiger partial charge in [0.2, 0.25) is 0 Å². The normalized spacial score (nSPS) is 27.4. The zero-order chi connectivity index (χ0) is 18.3. The van der Waals surface area contributed by atoms with E-state index in [9.17, 15) is 24.8 Å². The summed E-state index contributed by atoms with van der Waals surface area (Å²) in [5, 5.41) is 22.8. The largest absolute Gasteiger partial charge is 0.746 e. The van der Waals surface area contributed by atoms with Crippen molar-refractivity contribution >= 4 is 13.5 Å². The smallest absolute Gasteiger partial charge is 0.320 e. The summed E-state index contributed by atoms with van der Waals surface area (Å²) in [6.45, 7) is 6.77. The highest BCUT2D eigenvalue weighted by Gasteiger charge is 2.54. The molecule has 0 saturated carbocycles. The second-order valence-electron chi connectivity index (χ2n) is 7.02. The number of hydrogen-bond acceptors (Lipinski definition) is 7. The number of nitrogens with one attached hydrogen (secondary N) is 1. The van der Waals surface area contributed by atoms with Crippen LogP contribution in [0.5, 0.6) is 5.75 Å². The van der Waals surface area contributed by atoms with Crippen molar-refractivity contribution < 1.29 is 28.5 Å².